The third kappa shape index (κ3) is 3.37. The molecule has 0 amide bonds. The van der Waals surface area contributed by atoms with Crippen molar-refractivity contribution in [2.24, 2.45) is 5.92 Å². The molecule has 0 atom stereocenters. The van der Waals surface area contributed by atoms with Crippen LogP contribution in [0.4, 0.5) is 0 Å². The van der Waals surface area contributed by atoms with Crippen LogP contribution in [0.2, 0.25) is 0 Å². The SMILES string of the molecule is Cc1[nH]c(=O)nc(SC2CCC(C)CC2)c1C(=O)O. The van der Waals surface area contributed by atoms with E-state index in [0.717, 1.165) is 31.6 Å². The minimum absolute atomic E-state index is 0.128. The van der Waals surface area contributed by atoms with E-state index in [1.165, 1.54) is 11.8 Å². The van der Waals surface area contributed by atoms with E-state index in [-0.39, 0.29) is 5.56 Å². The van der Waals surface area contributed by atoms with E-state index in [2.05, 4.69) is 16.9 Å². The Labute approximate surface area is 115 Å². The van der Waals surface area contributed by atoms with Crippen molar-refractivity contribution < 1.29 is 9.90 Å². The molecule has 0 bridgehead atoms. The lowest BCUT2D eigenvalue weighted by molar-refractivity contribution is 0.0690. The first-order valence-electron chi connectivity index (χ1n) is 6.48. The molecule has 1 aromatic rings. The maximum Gasteiger partial charge on any atom is 0.346 e. The van der Waals surface area contributed by atoms with Gasteiger partial charge < -0.3 is 10.1 Å². The van der Waals surface area contributed by atoms with E-state index in [1.807, 2.05) is 0 Å². The second-order valence-corrected chi connectivity index (χ2v) is 6.44. The van der Waals surface area contributed by atoms with Crippen molar-refractivity contribution in [1.82, 2.24) is 9.97 Å². The summed E-state index contributed by atoms with van der Waals surface area (Å²) in [5.41, 5.74) is 0.0246. The van der Waals surface area contributed by atoms with Crippen LogP contribution in [0.15, 0.2) is 9.82 Å². The Bertz CT molecular complexity index is 533. The number of rotatable bonds is 3. The van der Waals surface area contributed by atoms with Crippen molar-refractivity contribution in [3.05, 3.63) is 21.7 Å². The average Bonchev–Trinajstić information content (AvgIpc) is 2.30. The Hall–Kier alpha value is -1.30. The second-order valence-electron chi connectivity index (χ2n) is 5.15. The van der Waals surface area contributed by atoms with Gasteiger partial charge in [-0.2, -0.15) is 4.98 Å². The number of aromatic nitrogens is 2. The summed E-state index contributed by atoms with van der Waals surface area (Å²) in [5, 5.41) is 9.95. The Morgan fingerprint density at radius 2 is 2.00 bits per heavy atom. The van der Waals surface area contributed by atoms with Crippen LogP contribution in [0.1, 0.15) is 48.7 Å². The van der Waals surface area contributed by atoms with Crippen molar-refractivity contribution in [3.8, 4) is 0 Å². The summed E-state index contributed by atoms with van der Waals surface area (Å²) >= 11 is 1.44. The van der Waals surface area contributed by atoms with Crippen LogP contribution >= 0.6 is 11.8 Å². The minimum Gasteiger partial charge on any atom is -0.478 e. The van der Waals surface area contributed by atoms with Gasteiger partial charge in [0.2, 0.25) is 0 Å². The first-order chi connectivity index (χ1) is 8.97. The molecule has 1 aliphatic rings. The van der Waals surface area contributed by atoms with E-state index in [4.69, 9.17) is 0 Å². The average molecular weight is 282 g/mol. The summed E-state index contributed by atoms with van der Waals surface area (Å²) in [6, 6.07) is 0. The minimum atomic E-state index is -1.03. The summed E-state index contributed by atoms with van der Waals surface area (Å²) in [6.45, 7) is 3.83. The summed E-state index contributed by atoms with van der Waals surface area (Å²) in [7, 11) is 0. The highest BCUT2D eigenvalue weighted by Crippen LogP contribution is 2.36. The number of H-pyrrole nitrogens is 1. The van der Waals surface area contributed by atoms with Gasteiger partial charge in [-0.1, -0.05) is 6.92 Å². The van der Waals surface area contributed by atoms with Crippen LogP contribution in [0.3, 0.4) is 0 Å². The number of nitrogens with one attached hydrogen (secondary N) is 1. The number of thioether (sulfide) groups is 1. The van der Waals surface area contributed by atoms with Gasteiger partial charge in [-0.25, -0.2) is 9.59 Å². The summed E-state index contributed by atoms with van der Waals surface area (Å²) in [4.78, 5) is 29.0. The Morgan fingerprint density at radius 1 is 1.37 bits per heavy atom. The molecular weight excluding hydrogens is 264 g/mol. The Balaban J connectivity index is 2.24. The number of aromatic carboxylic acids is 1. The van der Waals surface area contributed by atoms with Crippen molar-refractivity contribution >= 4 is 17.7 Å². The molecule has 2 rings (SSSR count). The number of carboxylic acid groups (broad SMARTS) is 1. The molecule has 104 valence electrons. The molecule has 6 heteroatoms. The van der Waals surface area contributed by atoms with E-state index < -0.39 is 11.7 Å². The van der Waals surface area contributed by atoms with Gasteiger partial charge >= 0.3 is 11.7 Å². The van der Waals surface area contributed by atoms with Crippen molar-refractivity contribution in [2.45, 2.75) is 49.8 Å². The molecule has 0 spiro atoms. The number of aromatic amines is 1. The summed E-state index contributed by atoms with van der Waals surface area (Å²) < 4.78 is 0. The van der Waals surface area contributed by atoms with Gasteiger partial charge in [0.15, 0.2) is 0 Å². The van der Waals surface area contributed by atoms with Crippen molar-refractivity contribution in [2.75, 3.05) is 0 Å². The summed E-state index contributed by atoms with van der Waals surface area (Å²) in [6.07, 6.45) is 4.42. The zero-order valence-electron chi connectivity index (χ0n) is 11.1. The standard InChI is InChI=1S/C13H18N2O3S/c1-7-3-5-9(6-4-7)19-11-10(12(16)17)8(2)14-13(18)15-11/h7,9H,3-6H2,1-2H3,(H,16,17)(H,14,15,18). The number of hydrogen-bond donors (Lipinski definition) is 2. The fraction of sp³-hybridized carbons (Fsp3) is 0.615. The van der Waals surface area contributed by atoms with Crippen LogP contribution in [-0.2, 0) is 0 Å². The topological polar surface area (TPSA) is 83.0 Å². The predicted octanol–water partition coefficient (Wildman–Crippen LogP) is 2.45. The highest BCUT2D eigenvalue weighted by Gasteiger charge is 2.24. The summed E-state index contributed by atoms with van der Waals surface area (Å²) in [5.74, 6) is -0.294. The molecule has 1 fully saturated rings. The molecule has 2 N–H and O–H groups in total. The van der Waals surface area contributed by atoms with Gasteiger partial charge in [0.05, 0.1) is 0 Å². The van der Waals surface area contributed by atoms with E-state index in [1.54, 1.807) is 6.92 Å². The zero-order chi connectivity index (χ0) is 14.0. The third-order valence-corrected chi connectivity index (χ3v) is 4.86. The lowest BCUT2D eigenvalue weighted by Gasteiger charge is -2.25. The maximum absolute atomic E-state index is 11.4. The Morgan fingerprint density at radius 3 is 2.58 bits per heavy atom. The van der Waals surface area contributed by atoms with Crippen LogP contribution < -0.4 is 5.69 Å². The molecular formula is C13H18N2O3S. The highest BCUT2D eigenvalue weighted by atomic mass is 32.2. The van der Waals surface area contributed by atoms with Crippen LogP contribution in [0.5, 0.6) is 0 Å². The molecule has 0 saturated heterocycles. The second kappa shape index (κ2) is 5.77. The lowest BCUT2D eigenvalue weighted by atomic mass is 9.91. The molecule has 1 aliphatic carbocycles. The quantitative estimate of drug-likeness (QED) is 0.832. The fourth-order valence-corrected chi connectivity index (χ4v) is 3.72. The van der Waals surface area contributed by atoms with E-state index in [9.17, 15) is 14.7 Å². The number of carboxylic acids is 1. The Kier molecular flexibility index (Phi) is 4.29. The van der Waals surface area contributed by atoms with Crippen LogP contribution in [0.25, 0.3) is 0 Å². The molecule has 19 heavy (non-hydrogen) atoms. The molecule has 0 aliphatic heterocycles. The number of aryl methyl sites for hydroxylation is 1. The molecule has 1 heterocycles. The van der Waals surface area contributed by atoms with Gasteiger partial charge in [0, 0.05) is 10.9 Å². The number of hydrogen-bond acceptors (Lipinski definition) is 4. The zero-order valence-corrected chi connectivity index (χ0v) is 11.9. The van der Waals surface area contributed by atoms with Crippen LogP contribution in [-0.4, -0.2) is 26.3 Å². The molecule has 0 aromatic carbocycles. The predicted molar refractivity (Wildman–Crippen MR) is 73.8 cm³/mol. The van der Waals surface area contributed by atoms with E-state index in [0.29, 0.717) is 16.0 Å². The largest absolute Gasteiger partial charge is 0.478 e. The number of carbonyl (C=O) groups is 1. The normalized spacial score (nSPS) is 23.3. The van der Waals surface area contributed by atoms with Gasteiger partial charge in [0.25, 0.3) is 0 Å². The molecule has 5 nitrogen and oxygen atoms in total. The fourth-order valence-electron chi connectivity index (χ4n) is 2.40. The molecule has 0 unspecified atom stereocenters. The van der Waals surface area contributed by atoms with Gasteiger partial charge in [-0.05, 0) is 38.5 Å². The highest BCUT2D eigenvalue weighted by molar-refractivity contribution is 7.99. The monoisotopic (exact) mass is 282 g/mol. The van der Waals surface area contributed by atoms with Crippen molar-refractivity contribution in [3.63, 3.8) is 0 Å². The first kappa shape index (κ1) is 14.1. The molecule has 0 radical (unpaired) electrons. The molecule has 1 saturated carbocycles. The maximum atomic E-state index is 11.4. The number of nitrogens with zero attached hydrogens (tertiary/aromatic N) is 1. The van der Waals surface area contributed by atoms with Crippen LogP contribution in [0, 0.1) is 12.8 Å². The van der Waals surface area contributed by atoms with Gasteiger partial charge in [-0.15, -0.1) is 11.8 Å². The van der Waals surface area contributed by atoms with E-state index >= 15 is 0 Å². The lowest BCUT2D eigenvalue weighted by Crippen LogP contribution is -2.20. The smallest absolute Gasteiger partial charge is 0.346 e. The van der Waals surface area contributed by atoms with Gasteiger partial charge in [0.1, 0.15) is 10.6 Å². The van der Waals surface area contributed by atoms with Crippen molar-refractivity contribution in [1.29, 1.82) is 0 Å². The van der Waals surface area contributed by atoms with Gasteiger partial charge in [-0.3, -0.25) is 0 Å². The third-order valence-electron chi connectivity index (χ3n) is 3.54. The first-order valence-corrected chi connectivity index (χ1v) is 7.36. The molecule has 1 aromatic heterocycles.